The third-order valence-electron chi connectivity index (χ3n) is 6.69. The molecule has 34 heavy (non-hydrogen) atoms. The molecular formula is C25H25N3O6. The molecule has 1 saturated heterocycles. The van der Waals surface area contributed by atoms with Crippen molar-refractivity contribution in [3.63, 3.8) is 0 Å². The summed E-state index contributed by atoms with van der Waals surface area (Å²) in [6.07, 6.45) is 0.342. The Hall–Kier alpha value is -4.01. The van der Waals surface area contributed by atoms with Gasteiger partial charge in [-0.2, -0.15) is 0 Å². The van der Waals surface area contributed by atoms with Crippen LogP contribution < -0.4 is 14.8 Å². The van der Waals surface area contributed by atoms with E-state index in [4.69, 9.17) is 9.47 Å². The number of amides is 2. The number of Topliss-reactive ketones (excluding diaryl/α,β-unsaturated/α-hetero) is 1. The SMILES string of the molecule is CC(=O)c1ccc2c(c1)C(=C(c1ccc3c(c1)OCO3)N(C)C1CCN(C(=O)O)CC1)C(=O)N2. The van der Waals surface area contributed by atoms with Crippen LogP contribution in [0, 0.1) is 0 Å². The van der Waals surface area contributed by atoms with Crippen LogP contribution in [-0.4, -0.2) is 65.7 Å². The molecule has 2 aromatic carbocycles. The highest BCUT2D eigenvalue weighted by molar-refractivity contribution is 6.36. The monoisotopic (exact) mass is 463 g/mol. The van der Waals surface area contributed by atoms with Crippen molar-refractivity contribution >= 4 is 34.7 Å². The van der Waals surface area contributed by atoms with Crippen LogP contribution >= 0.6 is 0 Å². The van der Waals surface area contributed by atoms with Gasteiger partial charge in [-0.15, -0.1) is 0 Å². The molecule has 3 aliphatic heterocycles. The lowest BCUT2D eigenvalue weighted by molar-refractivity contribution is -0.110. The lowest BCUT2D eigenvalue weighted by Gasteiger charge is -2.38. The van der Waals surface area contributed by atoms with Gasteiger partial charge >= 0.3 is 6.09 Å². The normalized spacial score (nSPS) is 18.4. The summed E-state index contributed by atoms with van der Waals surface area (Å²) < 4.78 is 11.0. The van der Waals surface area contributed by atoms with E-state index >= 15 is 0 Å². The van der Waals surface area contributed by atoms with Crippen LogP contribution in [0.1, 0.15) is 41.3 Å². The zero-order valence-corrected chi connectivity index (χ0v) is 19.0. The maximum Gasteiger partial charge on any atom is 0.407 e. The fourth-order valence-electron chi connectivity index (χ4n) is 4.82. The minimum Gasteiger partial charge on any atom is -0.465 e. The first kappa shape index (κ1) is 21.8. The molecule has 0 atom stereocenters. The van der Waals surface area contributed by atoms with Gasteiger partial charge in [0.1, 0.15) is 0 Å². The Bertz CT molecular complexity index is 1230. The molecule has 0 radical (unpaired) electrons. The van der Waals surface area contributed by atoms with Gasteiger partial charge in [-0.25, -0.2) is 4.79 Å². The van der Waals surface area contributed by atoms with E-state index in [0.29, 0.717) is 65.5 Å². The molecule has 2 N–H and O–H groups in total. The number of carboxylic acid groups (broad SMARTS) is 1. The maximum atomic E-state index is 13.3. The Labute approximate surface area is 196 Å². The average Bonchev–Trinajstić information content (AvgIpc) is 3.42. The highest BCUT2D eigenvalue weighted by Crippen LogP contribution is 2.42. The summed E-state index contributed by atoms with van der Waals surface area (Å²) in [7, 11) is 1.92. The number of nitrogens with zero attached hydrogens (tertiary/aromatic N) is 2. The van der Waals surface area contributed by atoms with Gasteiger partial charge in [0, 0.05) is 48.6 Å². The largest absolute Gasteiger partial charge is 0.465 e. The summed E-state index contributed by atoms with van der Waals surface area (Å²) >= 11 is 0. The number of benzene rings is 2. The highest BCUT2D eigenvalue weighted by Gasteiger charge is 2.34. The Morgan fingerprint density at radius 3 is 2.47 bits per heavy atom. The van der Waals surface area contributed by atoms with Gasteiger partial charge in [-0.1, -0.05) is 0 Å². The van der Waals surface area contributed by atoms with Gasteiger partial charge in [0.15, 0.2) is 17.3 Å². The Morgan fingerprint density at radius 2 is 1.76 bits per heavy atom. The quantitative estimate of drug-likeness (QED) is 0.528. The Morgan fingerprint density at radius 1 is 1.06 bits per heavy atom. The number of ether oxygens (including phenoxy) is 2. The minimum absolute atomic E-state index is 0.0244. The van der Waals surface area contributed by atoms with Crippen molar-refractivity contribution < 1.29 is 29.0 Å². The molecule has 0 unspecified atom stereocenters. The molecule has 0 spiro atoms. The first-order valence-corrected chi connectivity index (χ1v) is 11.1. The number of hydrogen-bond donors (Lipinski definition) is 2. The van der Waals surface area contributed by atoms with E-state index in [1.807, 2.05) is 25.2 Å². The first-order valence-electron chi connectivity index (χ1n) is 11.1. The molecule has 9 nitrogen and oxygen atoms in total. The maximum absolute atomic E-state index is 13.3. The highest BCUT2D eigenvalue weighted by atomic mass is 16.7. The van der Waals surface area contributed by atoms with E-state index < -0.39 is 6.09 Å². The number of likely N-dealkylation sites (tertiary alicyclic amines) is 1. The number of nitrogens with one attached hydrogen (secondary N) is 1. The second kappa shape index (κ2) is 8.40. The molecule has 1 fully saturated rings. The molecule has 5 rings (SSSR count). The molecule has 2 amide bonds. The van der Waals surface area contributed by atoms with Crippen LogP contribution in [0.2, 0.25) is 0 Å². The van der Waals surface area contributed by atoms with Crippen molar-refractivity contribution in [2.45, 2.75) is 25.8 Å². The molecular weight excluding hydrogens is 438 g/mol. The second-order valence-corrected chi connectivity index (χ2v) is 8.67. The number of rotatable bonds is 4. The van der Waals surface area contributed by atoms with Crippen LogP contribution in [0.4, 0.5) is 10.5 Å². The van der Waals surface area contributed by atoms with Crippen molar-refractivity contribution in [3.8, 4) is 11.5 Å². The van der Waals surface area contributed by atoms with Crippen molar-refractivity contribution in [2.75, 3.05) is 32.2 Å². The number of carbonyl (C=O) groups is 3. The van der Waals surface area contributed by atoms with Crippen LogP contribution in [0.15, 0.2) is 36.4 Å². The second-order valence-electron chi connectivity index (χ2n) is 8.67. The number of hydrogen-bond acceptors (Lipinski definition) is 6. The molecule has 0 bridgehead atoms. The summed E-state index contributed by atoms with van der Waals surface area (Å²) in [5.74, 6) is 0.903. The van der Waals surface area contributed by atoms with Crippen LogP contribution in [0.5, 0.6) is 11.5 Å². The van der Waals surface area contributed by atoms with E-state index in [-0.39, 0.29) is 24.5 Å². The van der Waals surface area contributed by atoms with Crippen molar-refractivity contribution in [2.24, 2.45) is 0 Å². The van der Waals surface area contributed by atoms with Crippen molar-refractivity contribution in [1.29, 1.82) is 0 Å². The predicted molar refractivity (Wildman–Crippen MR) is 125 cm³/mol. The van der Waals surface area contributed by atoms with Gasteiger partial charge < -0.3 is 29.7 Å². The van der Waals surface area contributed by atoms with E-state index in [1.54, 1.807) is 18.2 Å². The fraction of sp³-hybridized carbons (Fsp3) is 0.320. The molecule has 3 aliphatic rings. The number of piperidine rings is 1. The van der Waals surface area contributed by atoms with Gasteiger partial charge in [-0.05, 0) is 56.2 Å². The molecule has 0 aromatic heterocycles. The summed E-state index contributed by atoms with van der Waals surface area (Å²) in [6, 6.07) is 10.8. The van der Waals surface area contributed by atoms with E-state index in [9.17, 15) is 19.5 Å². The third kappa shape index (κ3) is 3.72. The number of fused-ring (bicyclic) bond motifs is 2. The summed E-state index contributed by atoms with van der Waals surface area (Å²) in [6.45, 7) is 2.48. The summed E-state index contributed by atoms with van der Waals surface area (Å²) in [4.78, 5) is 40.2. The lowest BCUT2D eigenvalue weighted by atomic mass is 9.94. The van der Waals surface area contributed by atoms with E-state index in [2.05, 4.69) is 10.2 Å². The molecule has 176 valence electrons. The van der Waals surface area contributed by atoms with Crippen LogP contribution in [-0.2, 0) is 4.79 Å². The van der Waals surface area contributed by atoms with Gasteiger partial charge in [0.05, 0.1) is 11.3 Å². The Balaban J connectivity index is 1.63. The zero-order chi connectivity index (χ0) is 24.0. The van der Waals surface area contributed by atoms with Crippen molar-refractivity contribution in [3.05, 3.63) is 53.1 Å². The predicted octanol–water partition coefficient (Wildman–Crippen LogP) is 3.51. The molecule has 9 heteroatoms. The van der Waals surface area contributed by atoms with E-state index in [1.165, 1.54) is 11.8 Å². The minimum atomic E-state index is -0.920. The molecule has 3 heterocycles. The van der Waals surface area contributed by atoms with Crippen LogP contribution in [0.3, 0.4) is 0 Å². The topological polar surface area (TPSA) is 108 Å². The van der Waals surface area contributed by atoms with Crippen LogP contribution in [0.25, 0.3) is 11.3 Å². The zero-order valence-electron chi connectivity index (χ0n) is 19.0. The smallest absolute Gasteiger partial charge is 0.407 e. The molecule has 0 saturated carbocycles. The summed E-state index contributed by atoms with van der Waals surface area (Å²) in [5.41, 5.74) is 3.79. The number of carbonyl (C=O) groups excluding carboxylic acids is 2. The molecule has 2 aromatic rings. The van der Waals surface area contributed by atoms with Crippen molar-refractivity contribution in [1.82, 2.24) is 9.80 Å². The number of anilines is 1. The molecule has 0 aliphatic carbocycles. The lowest BCUT2D eigenvalue weighted by Crippen LogP contribution is -2.44. The standard InChI is InChI=1S/C25H25N3O6/c1-14(29)15-3-5-19-18(11-15)22(24(30)26-19)23(16-4-6-20-21(12-16)34-13-33-20)27(2)17-7-9-28(10-8-17)25(31)32/h3-6,11-12,17H,7-10,13H2,1-2H3,(H,26,30)(H,31,32). The van der Waals surface area contributed by atoms with Gasteiger partial charge in [0.25, 0.3) is 5.91 Å². The number of ketones is 1. The van der Waals surface area contributed by atoms with Gasteiger partial charge in [0.2, 0.25) is 6.79 Å². The van der Waals surface area contributed by atoms with Gasteiger partial charge in [-0.3, -0.25) is 9.59 Å². The first-order chi connectivity index (χ1) is 16.3. The average molecular weight is 463 g/mol. The fourth-order valence-corrected chi connectivity index (χ4v) is 4.82. The Kier molecular flexibility index (Phi) is 5.39. The third-order valence-corrected chi connectivity index (χ3v) is 6.69. The van der Waals surface area contributed by atoms with E-state index in [0.717, 1.165) is 5.56 Å². The summed E-state index contributed by atoms with van der Waals surface area (Å²) in [5, 5.41) is 12.2.